The van der Waals surface area contributed by atoms with Crippen molar-refractivity contribution in [3.05, 3.63) is 62.3 Å². The molecule has 4 N–H and O–H groups in total. The van der Waals surface area contributed by atoms with Crippen molar-refractivity contribution in [1.29, 1.82) is 0 Å². The molecule has 0 spiro atoms. The van der Waals surface area contributed by atoms with Gasteiger partial charge in [0.15, 0.2) is 5.01 Å². The smallest absolute Gasteiger partial charge is 0.280 e. The molecule has 2 atom stereocenters. The summed E-state index contributed by atoms with van der Waals surface area (Å²) in [5.41, 5.74) is 5.96. The first kappa shape index (κ1) is 23.8. The van der Waals surface area contributed by atoms with Gasteiger partial charge in [-0.05, 0) is 50.2 Å². The molecular weight excluding hydrogens is 488 g/mol. The lowest BCUT2D eigenvalue weighted by atomic mass is 9.94. The van der Waals surface area contributed by atoms with Gasteiger partial charge in [-0.25, -0.2) is 4.98 Å². The van der Waals surface area contributed by atoms with Gasteiger partial charge in [0.1, 0.15) is 5.69 Å². The highest BCUT2D eigenvalue weighted by molar-refractivity contribution is 7.13. The number of aromatic nitrogens is 2. The molecule has 11 heteroatoms. The molecule has 2 aliphatic rings. The van der Waals surface area contributed by atoms with Gasteiger partial charge in [0.05, 0.1) is 24.9 Å². The van der Waals surface area contributed by atoms with Crippen LogP contribution in [-0.4, -0.2) is 59.5 Å². The molecule has 184 valence electrons. The molecule has 2 amide bonds. The third kappa shape index (κ3) is 5.20. The molecule has 0 saturated carbocycles. The third-order valence-electron chi connectivity index (χ3n) is 6.33. The second kappa shape index (κ2) is 9.98. The van der Waals surface area contributed by atoms with Crippen LogP contribution in [0.5, 0.6) is 0 Å². The van der Waals surface area contributed by atoms with Gasteiger partial charge in [-0.3, -0.25) is 19.9 Å². The van der Waals surface area contributed by atoms with Gasteiger partial charge < -0.3 is 20.5 Å². The van der Waals surface area contributed by atoms with Crippen LogP contribution >= 0.6 is 22.9 Å². The first-order chi connectivity index (χ1) is 16.9. The monoisotopic (exact) mass is 514 g/mol. The molecule has 9 nitrogen and oxygen atoms in total. The first-order valence-corrected chi connectivity index (χ1v) is 12.7. The zero-order valence-electron chi connectivity index (χ0n) is 19.5. The number of H-pyrrole nitrogens is 1. The summed E-state index contributed by atoms with van der Waals surface area (Å²) in [7, 11) is 3.61. The number of amides is 2. The number of benzene rings is 1. The Hall–Kier alpha value is -2.92. The summed E-state index contributed by atoms with van der Waals surface area (Å²) in [6.45, 7) is 1.75. The van der Waals surface area contributed by atoms with E-state index in [1.807, 2.05) is 12.1 Å². The minimum atomic E-state index is -0.437. The zero-order valence-corrected chi connectivity index (χ0v) is 21.1. The Morgan fingerprint density at radius 2 is 2.09 bits per heavy atom. The molecule has 3 aromatic rings. The number of fused-ring (bicyclic) bond motifs is 2. The number of hydroxylamine groups is 1. The lowest BCUT2D eigenvalue weighted by Gasteiger charge is -2.31. The Morgan fingerprint density at radius 1 is 1.23 bits per heavy atom. The van der Waals surface area contributed by atoms with E-state index in [-0.39, 0.29) is 17.9 Å². The lowest BCUT2D eigenvalue weighted by Crippen LogP contribution is -2.52. The number of thiazole rings is 1. The Labute approximate surface area is 211 Å². The average molecular weight is 515 g/mol. The second-order valence-corrected chi connectivity index (χ2v) is 10.4. The van der Waals surface area contributed by atoms with Crippen molar-refractivity contribution >= 4 is 45.7 Å². The molecule has 35 heavy (non-hydrogen) atoms. The van der Waals surface area contributed by atoms with Crippen molar-refractivity contribution < 1.29 is 14.4 Å². The maximum Gasteiger partial charge on any atom is 0.280 e. The van der Waals surface area contributed by atoms with Crippen LogP contribution in [0.15, 0.2) is 36.0 Å². The van der Waals surface area contributed by atoms with Crippen molar-refractivity contribution in [3.63, 3.8) is 0 Å². The largest absolute Gasteiger partial charge is 0.351 e. The molecular formula is C24H27ClN6O3S. The maximum atomic E-state index is 13.1. The summed E-state index contributed by atoms with van der Waals surface area (Å²) in [5, 5.41) is 8.07. The maximum absolute atomic E-state index is 13.1. The van der Waals surface area contributed by atoms with Crippen molar-refractivity contribution in [2.24, 2.45) is 0 Å². The number of hydrogen-bond donors (Lipinski definition) is 4. The fourth-order valence-electron chi connectivity index (χ4n) is 4.53. The highest BCUT2D eigenvalue weighted by Crippen LogP contribution is 2.26. The average Bonchev–Trinajstić information content (AvgIpc) is 3.44. The van der Waals surface area contributed by atoms with Crippen LogP contribution in [0, 0.1) is 0 Å². The predicted molar refractivity (Wildman–Crippen MR) is 135 cm³/mol. The number of likely N-dealkylation sites (N-methyl/N-ethyl adjacent to an activating group) is 1. The summed E-state index contributed by atoms with van der Waals surface area (Å²) in [6, 6.07) is 6.45. The molecule has 3 heterocycles. The molecule has 1 aromatic carbocycles. The van der Waals surface area contributed by atoms with Crippen LogP contribution in [0.25, 0.3) is 10.9 Å². The SMILES string of the molecule is CONC1=CC(NC(=O)c2cc3cc(Cl)ccc3[nH]2)C(NC(=O)c2nc3c(s2)CN(C)CC3)CC1. The van der Waals surface area contributed by atoms with Gasteiger partial charge in [-0.1, -0.05) is 11.6 Å². The number of aromatic amines is 1. The van der Waals surface area contributed by atoms with E-state index in [0.717, 1.165) is 46.7 Å². The Kier molecular flexibility index (Phi) is 6.79. The number of carbonyl (C=O) groups excluding carboxylic acids is 2. The van der Waals surface area contributed by atoms with Crippen LogP contribution in [0.4, 0.5) is 0 Å². The Balaban J connectivity index is 1.33. The summed E-state index contributed by atoms with van der Waals surface area (Å²) < 4.78 is 0. The number of allylic oxidation sites excluding steroid dienone is 1. The van der Waals surface area contributed by atoms with Gasteiger partial charge in [-0.2, -0.15) is 0 Å². The number of rotatable bonds is 6. The molecule has 1 aliphatic carbocycles. The second-order valence-electron chi connectivity index (χ2n) is 8.91. The number of hydrogen-bond acceptors (Lipinski definition) is 7. The minimum absolute atomic E-state index is 0.215. The molecule has 0 fully saturated rings. The van der Waals surface area contributed by atoms with Crippen LogP contribution < -0.4 is 16.1 Å². The Morgan fingerprint density at radius 3 is 2.91 bits per heavy atom. The summed E-state index contributed by atoms with van der Waals surface area (Å²) in [5.74, 6) is -0.489. The number of halogens is 1. The van der Waals surface area contributed by atoms with Gasteiger partial charge in [0, 0.05) is 46.0 Å². The topological polar surface area (TPSA) is 111 Å². The van der Waals surface area contributed by atoms with Crippen molar-refractivity contribution in [3.8, 4) is 0 Å². The van der Waals surface area contributed by atoms with Crippen molar-refractivity contribution in [1.82, 2.24) is 31.0 Å². The van der Waals surface area contributed by atoms with Gasteiger partial charge in [0.25, 0.3) is 11.8 Å². The highest BCUT2D eigenvalue weighted by Gasteiger charge is 2.30. The minimum Gasteiger partial charge on any atom is -0.351 e. The van der Waals surface area contributed by atoms with E-state index < -0.39 is 6.04 Å². The summed E-state index contributed by atoms with van der Waals surface area (Å²) in [6.07, 6.45) is 4.05. The van der Waals surface area contributed by atoms with Crippen LogP contribution in [0.1, 0.15) is 43.7 Å². The van der Waals surface area contributed by atoms with E-state index in [1.54, 1.807) is 25.3 Å². The third-order valence-corrected chi connectivity index (χ3v) is 7.65. The first-order valence-electron chi connectivity index (χ1n) is 11.5. The normalized spacial score (nSPS) is 20.3. The van der Waals surface area contributed by atoms with Gasteiger partial charge in [0.2, 0.25) is 0 Å². The van der Waals surface area contributed by atoms with E-state index in [9.17, 15) is 9.59 Å². The van der Waals surface area contributed by atoms with Gasteiger partial charge >= 0.3 is 0 Å². The lowest BCUT2D eigenvalue weighted by molar-refractivity contribution is 0.0873. The fourth-order valence-corrected chi connectivity index (χ4v) is 5.80. The standard InChI is InChI=1S/C24H27ClN6O3S/c1-31-8-7-18-21(12-31)35-24(29-18)23(33)27-17-6-4-15(30-34-2)11-19(17)28-22(32)20-10-13-9-14(25)3-5-16(13)26-20/h3,5,9-11,17,19,26,30H,4,6-8,12H2,1-2H3,(H,27,33)(H,28,32). The van der Waals surface area contributed by atoms with Crippen LogP contribution in [0.2, 0.25) is 5.02 Å². The van der Waals surface area contributed by atoms with Crippen molar-refractivity contribution in [2.45, 2.75) is 37.9 Å². The molecule has 1 aliphatic heterocycles. The predicted octanol–water partition coefficient (Wildman–Crippen LogP) is 2.99. The van der Waals surface area contributed by atoms with Crippen molar-refractivity contribution in [2.75, 3.05) is 20.7 Å². The quantitative estimate of drug-likeness (QED) is 0.376. The summed E-state index contributed by atoms with van der Waals surface area (Å²) >= 11 is 7.52. The molecule has 2 unspecified atom stereocenters. The van der Waals surface area contributed by atoms with E-state index in [4.69, 9.17) is 16.4 Å². The molecule has 0 radical (unpaired) electrons. The van der Waals surface area contributed by atoms with E-state index in [2.05, 4.69) is 38.0 Å². The van der Waals surface area contributed by atoms with Crippen LogP contribution in [0.3, 0.4) is 0 Å². The zero-order chi connectivity index (χ0) is 24.5. The molecule has 2 aromatic heterocycles. The fraction of sp³-hybridized carbons (Fsp3) is 0.375. The van der Waals surface area contributed by atoms with E-state index in [1.165, 1.54) is 11.3 Å². The van der Waals surface area contributed by atoms with E-state index >= 15 is 0 Å². The van der Waals surface area contributed by atoms with Crippen LogP contribution in [-0.2, 0) is 17.8 Å². The Bertz CT molecular complexity index is 1300. The number of carbonyl (C=O) groups is 2. The van der Waals surface area contributed by atoms with Gasteiger partial charge in [-0.15, -0.1) is 11.3 Å². The molecule has 5 rings (SSSR count). The molecule has 0 bridgehead atoms. The summed E-state index contributed by atoms with van der Waals surface area (Å²) in [4.78, 5) is 42.4. The highest BCUT2D eigenvalue weighted by atomic mass is 35.5. The number of nitrogens with one attached hydrogen (secondary N) is 4. The molecule has 0 saturated heterocycles. The van der Waals surface area contributed by atoms with E-state index in [0.29, 0.717) is 28.6 Å². The number of nitrogens with zero attached hydrogens (tertiary/aromatic N) is 2.